The van der Waals surface area contributed by atoms with Gasteiger partial charge in [0.25, 0.3) is 5.91 Å². The second kappa shape index (κ2) is 9.68. The highest BCUT2D eigenvalue weighted by Gasteiger charge is 2.16. The van der Waals surface area contributed by atoms with Gasteiger partial charge in [0.05, 0.1) is 12.2 Å². The first kappa shape index (κ1) is 20.3. The van der Waals surface area contributed by atoms with Crippen LogP contribution in [-0.4, -0.2) is 18.3 Å². The van der Waals surface area contributed by atoms with Gasteiger partial charge in [-0.3, -0.25) is 9.59 Å². The van der Waals surface area contributed by atoms with Crippen molar-refractivity contribution in [2.24, 2.45) is 0 Å². The molecule has 0 fully saturated rings. The van der Waals surface area contributed by atoms with Gasteiger partial charge in [-0.25, -0.2) is 4.39 Å². The maximum absolute atomic E-state index is 13.1. The second-order valence-electron chi connectivity index (χ2n) is 6.51. The van der Waals surface area contributed by atoms with E-state index in [2.05, 4.69) is 5.32 Å². The van der Waals surface area contributed by atoms with Crippen LogP contribution in [0.1, 0.15) is 35.7 Å². The van der Waals surface area contributed by atoms with Crippen molar-refractivity contribution in [2.45, 2.75) is 26.4 Å². The molecule has 0 aliphatic heterocycles. The van der Waals surface area contributed by atoms with Gasteiger partial charge >= 0.3 is 0 Å². The molecule has 1 amide bonds. The maximum Gasteiger partial charge on any atom is 0.259 e. The third-order valence-electron chi connectivity index (χ3n) is 4.16. The lowest BCUT2D eigenvalue weighted by atomic mass is 10.1. The van der Waals surface area contributed by atoms with Crippen molar-refractivity contribution in [1.82, 2.24) is 5.32 Å². The normalized spacial score (nSPS) is 13.0. The quantitative estimate of drug-likeness (QED) is 0.692. The minimum atomic E-state index is -0.676. The van der Waals surface area contributed by atoms with Crippen LogP contribution in [0.4, 0.5) is 4.39 Å². The fraction of sp³-hybridized carbons (Fsp3) is 0.217. The number of nitrogens with one attached hydrogen (secondary N) is 1. The first-order valence-electron chi connectivity index (χ1n) is 9.41. The van der Waals surface area contributed by atoms with Gasteiger partial charge in [-0.05, 0) is 54.5 Å². The Morgan fingerprint density at radius 1 is 1.14 bits per heavy atom. The number of carbonyl (C=O) groups is 2. The van der Waals surface area contributed by atoms with E-state index in [-0.39, 0.29) is 17.1 Å². The van der Waals surface area contributed by atoms with Gasteiger partial charge < -0.3 is 14.8 Å². The lowest BCUT2D eigenvalue weighted by Crippen LogP contribution is -2.24. The zero-order valence-electron chi connectivity index (χ0n) is 16.1. The number of halogens is 1. The van der Waals surface area contributed by atoms with E-state index in [0.717, 1.165) is 12.2 Å². The van der Waals surface area contributed by atoms with Crippen molar-refractivity contribution < 1.29 is 23.5 Å². The van der Waals surface area contributed by atoms with Crippen molar-refractivity contribution in [3.63, 3.8) is 0 Å². The molecule has 0 spiro atoms. The number of hydrogen-bond acceptors (Lipinski definition) is 4. The van der Waals surface area contributed by atoms with Crippen molar-refractivity contribution >= 4 is 11.7 Å². The van der Waals surface area contributed by atoms with E-state index >= 15 is 0 Å². The van der Waals surface area contributed by atoms with E-state index in [4.69, 9.17) is 9.47 Å². The summed E-state index contributed by atoms with van der Waals surface area (Å²) in [7, 11) is 0. The van der Waals surface area contributed by atoms with Crippen LogP contribution in [0.15, 0.2) is 66.4 Å². The number of ether oxygens (including phenoxy) is 2. The van der Waals surface area contributed by atoms with Crippen LogP contribution >= 0.6 is 0 Å². The molecule has 0 radical (unpaired) electrons. The van der Waals surface area contributed by atoms with Crippen molar-refractivity contribution in [3.05, 3.63) is 77.5 Å². The number of allylic oxidation sites excluding steroid dienone is 3. The smallest absolute Gasteiger partial charge is 0.259 e. The molecule has 1 aliphatic rings. The first-order chi connectivity index (χ1) is 14.1. The van der Waals surface area contributed by atoms with Crippen LogP contribution < -0.4 is 14.8 Å². The van der Waals surface area contributed by atoms with E-state index in [0.29, 0.717) is 30.0 Å². The Bertz CT molecular complexity index is 948. The Balaban J connectivity index is 1.80. The Labute approximate surface area is 168 Å². The summed E-state index contributed by atoms with van der Waals surface area (Å²) >= 11 is 0. The zero-order valence-corrected chi connectivity index (χ0v) is 16.1. The number of alkyl halides is 1. The molecular formula is C23H22FNO4. The van der Waals surface area contributed by atoms with Gasteiger partial charge in [0.1, 0.15) is 23.9 Å². The molecule has 2 aromatic rings. The van der Waals surface area contributed by atoms with Crippen LogP contribution in [0, 0.1) is 0 Å². The van der Waals surface area contributed by atoms with Gasteiger partial charge in [0, 0.05) is 18.2 Å². The van der Waals surface area contributed by atoms with E-state index in [1.165, 1.54) is 24.3 Å². The molecule has 0 unspecified atom stereocenters. The van der Waals surface area contributed by atoms with Crippen LogP contribution in [0.2, 0.25) is 0 Å². The summed E-state index contributed by atoms with van der Waals surface area (Å²) in [4.78, 5) is 24.2. The van der Waals surface area contributed by atoms with Gasteiger partial charge in [-0.2, -0.15) is 0 Å². The van der Waals surface area contributed by atoms with Crippen molar-refractivity contribution in [3.8, 4) is 17.2 Å². The zero-order chi connectivity index (χ0) is 20.6. The number of carbonyl (C=O) groups excluding carboxylic acids is 2. The largest absolute Gasteiger partial charge is 0.494 e. The molecule has 6 heteroatoms. The molecule has 29 heavy (non-hydrogen) atoms. The molecule has 0 aromatic heterocycles. The third kappa shape index (κ3) is 5.54. The second-order valence-corrected chi connectivity index (χ2v) is 6.51. The number of rotatable bonds is 8. The average molecular weight is 395 g/mol. The van der Waals surface area contributed by atoms with Crippen LogP contribution in [-0.2, 0) is 11.5 Å². The third-order valence-corrected chi connectivity index (χ3v) is 4.16. The molecule has 0 atom stereocenters. The standard InChI is InChI=1S/C23H22FNO4/c1-2-12-28-19-7-9-20(10-8-19)29-22-13-16(15-24)6-11-21(22)23(27)25-17-4-3-5-18(26)14-17/h3-4,6-11,13-14H,2,5,12,15H2,1H3,(H,25,27). The Morgan fingerprint density at radius 3 is 2.59 bits per heavy atom. The number of ketones is 1. The fourth-order valence-electron chi connectivity index (χ4n) is 2.73. The van der Waals surface area contributed by atoms with E-state index in [1.807, 2.05) is 6.92 Å². The molecule has 0 saturated heterocycles. The monoisotopic (exact) mass is 395 g/mol. The van der Waals surface area contributed by atoms with Gasteiger partial charge in [0.2, 0.25) is 0 Å². The lowest BCUT2D eigenvalue weighted by Gasteiger charge is -2.14. The highest BCUT2D eigenvalue weighted by molar-refractivity contribution is 6.00. The molecule has 0 saturated carbocycles. The highest BCUT2D eigenvalue weighted by Crippen LogP contribution is 2.29. The highest BCUT2D eigenvalue weighted by atomic mass is 19.1. The Morgan fingerprint density at radius 2 is 1.90 bits per heavy atom. The predicted molar refractivity (Wildman–Crippen MR) is 108 cm³/mol. The maximum atomic E-state index is 13.1. The van der Waals surface area contributed by atoms with E-state index in [1.54, 1.807) is 36.4 Å². The fourth-order valence-corrected chi connectivity index (χ4v) is 2.73. The molecule has 3 rings (SSSR count). The number of hydrogen-bond donors (Lipinski definition) is 1. The van der Waals surface area contributed by atoms with Crippen molar-refractivity contribution in [2.75, 3.05) is 6.61 Å². The molecular weight excluding hydrogens is 373 g/mol. The topological polar surface area (TPSA) is 64.6 Å². The van der Waals surface area contributed by atoms with Gasteiger partial charge in [-0.15, -0.1) is 0 Å². The minimum Gasteiger partial charge on any atom is -0.494 e. The SMILES string of the molecule is CCCOc1ccc(Oc2cc(CF)ccc2C(=O)NC2=CC(=O)CC=C2)cc1. The summed E-state index contributed by atoms with van der Waals surface area (Å²) in [6.07, 6.45) is 5.96. The molecule has 1 aliphatic carbocycles. The number of amides is 1. The first-order valence-corrected chi connectivity index (χ1v) is 9.41. The van der Waals surface area contributed by atoms with Crippen molar-refractivity contribution in [1.29, 1.82) is 0 Å². The summed E-state index contributed by atoms with van der Waals surface area (Å²) in [6, 6.07) is 11.5. The minimum absolute atomic E-state index is 0.0857. The van der Waals surface area contributed by atoms with Crippen LogP contribution in [0.25, 0.3) is 0 Å². The van der Waals surface area contributed by atoms with E-state index < -0.39 is 12.6 Å². The summed E-state index contributed by atoms with van der Waals surface area (Å²) in [5.74, 6) is 0.907. The summed E-state index contributed by atoms with van der Waals surface area (Å²) < 4.78 is 24.5. The summed E-state index contributed by atoms with van der Waals surface area (Å²) in [6.45, 7) is 1.97. The van der Waals surface area contributed by atoms with E-state index in [9.17, 15) is 14.0 Å². The average Bonchev–Trinajstić information content (AvgIpc) is 2.73. The Hall–Kier alpha value is -3.41. The van der Waals surface area contributed by atoms with Crippen LogP contribution in [0.5, 0.6) is 17.2 Å². The summed E-state index contributed by atoms with van der Waals surface area (Å²) in [5, 5.41) is 2.68. The lowest BCUT2D eigenvalue weighted by molar-refractivity contribution is -0.113. The predicted octanol–water partition coefficient (Wildman–Crippen LogP) is 4.88. The van der Waals surface area contributed by atoms with Crippen LogP contribution in [0.3, 0.4) is 0 Å². The molecule has 2 aromatic carbocycles. The summed E-state index contributed by atoms with van der Waals surface area (Å²) in [5.41, 5.74) is 1.04. The molecule has 0 bridgehead atoms. The van der Waals surface area contributed by atoms with Gasteiger partial charge in [-0.1, -0.05) is 19.1 Å². The molecule has 0 heterocycles. The molecule has 5 nitrogen and oxygen atoms in total. The Kier molecular flexibility index (Phi) is 6.79. The number of benzene rings is 2. The molecule has 150 valence electrons. The molecule has 1 N–H and O–H groups in total. The van der Waals surface area contributed by atoms with Gasteiger partial charge in [0.15, 0.2) is 5.78 Å².